The van der Waals surface area contributed by atoms with Gasteiger partial charge in [-0.15, -0.1) is 0 Å². The second-order valence-corrected chi connectivity index (χ2v) is 11.3. The number of aliphatic hydroxyl groups is 1. The van der Waals surface area contributed by atoms with Gasteiger partial charge in [0.25, 0.3) is 5.91 Å². The number of piperazine rings is 1. The van der Waals surface area contributed by atoms with Crippen molar-refractivity contribution < 1.29 is 24.2 Å². The second-order valence-electron chi connectivity index (χ2n) is 11.3. The lowest BCUT2D eigenvalue weighted by molar-refractivity contribution is -0.0893. The number of piperidine rings is 1. The molecule has 40 heavy (non-hydrogen) atoms. The molecule has 10 heteroatoms. The summed E-state index contributed by atoms with van der Waals surface area (Å²) in [6.07, 6.45) is 8.53. The first kappa shape index (κ1) is 28.6. The molecular weight excluding hydrogens is 510 g/mol. The molecule has 2 aliphatic heterocycles. The number of nitrogens with one attached hydrogen (secondary N) is 1. The molecule has 3 heterocycles. The molecule has 2 saturated heterocycles. The molecule has 0 bridgehead atoms. The van der Waals surface area contributed by atoms with Gasteiger partial charge in [-0.25, -0.2) is 9.78 Å². The van der Waals surface area contributed by atoms with E-state index in [9.17, 15) is 14.7 Å². The normalized spacial score (nSPS) is 25.6. The van der Waals surface area contributed by atoms with Gasteiger partial charge in [-0.05, 0) is 32.1 Å². The van der Waals surface area contributed by atoms with Gasteiger partial charge >= 0.3 is 6.09 Å². The quantitative estimate of drug-likeness (QED) is 0.515. The van der Waals surface area contributed by atoms with E-state index < -0.39 is 5.60 Å². The van der Waals surface area contributed by atoms with Crippen molar-refractivity contribution in [2.45, 2.75) is 69.1 Å². The fraction of sp³-hybridized carbons (Fsp3) is 0.633. The third kappa shape index (κ3) is 6.19. The highest BCUT2D eigenvalue weighted by Crippen LogP contribution is 2.41. The molecule has 2 amide bonds. The Labute approximate surface area is 236 Å². The minimum absolute atomic E-state index is 0.121. The van der Waals surface area contributed by atoms with Crippen LogP contribution in [0.1, 0.15) is 67.9 Å². The Morgan fingerprint density at radius 2 is 1.90 bits per heavy atom. The van der Waals surface area contributed by atoms with Crippen LogP contribution < -0.4 is 5.32 Å². The zero-order valence-electron chi connectivity index (χ0n) is 23.6. The number of nitrogens with zero attached hydrogens (tertiary/aromatic N) is 4. The summed E-state index contributed by atoms with van der Waals surface area (Å²) < 4.78 is 13.0. The Balaban J connectivity index is 1.37. The van der Waals surface area contributed by atoms with E-state index in [1.807, 2.05) is 39.8 Å². The number of hydrogen-bond donors (Lipinski definition) is 2. The van der Waals surface area contributed by atoms with Gasteiger partial charge in [-0.2, -0.15) is 0 Å². The zero-order chi connectivity index (χ0) is 28.0. The van der Waals surface area contributed by atoms with Gasteiger partial charge in [0.15, 0.2) is 5.69 Å². The maximum Gasteiger partial charge on any atom is 0.409 e. The number of benzene rings is 1. The van der Waals surface area contributed by atoms with E-state index in [4.69, 9.17) is 9.47 Å². The molecular formula is C30H43N5O5. The van der Waals surface area contributed by atoms with Crippen molar-refractivity contribution >= 4 is 12.0 Å². The van der Waals surface area contributed by atoms with Crippen LogP contribution in [-0.4, -0.2) is 101 Å². The van der Waals surface area contributed by atoms with Gasteiger partial charge in [0.2, 0.25) is 0 Å². The van der Waals surface area contributed by atoms with Crippen LogP contribution in [0.2, 0.25) is 0 Å². The van der Waals surface area contributed by atoms with Crippen LogP contribution in [0.5, 0.6) is 0 Å². The number of rotatable bonds is 8. The lowest BCUT2D eigenvalue weighted by atomic mass is 9.80. The second kappa shape index (κ2) is 13.1. The molecule has 1 saturated carbocycles. The fourth-order valence-electron chi connectivity index (χ4n) is 6.53. The number of amides is 2. The molecule has 1 aliphatic carbocycles. The predicted octanol–water partition coefficient (Wildman–Crippen LogP) is 3.47. The van der Waals surface area contributed by atoms with Gasteiger partial charge in [0.1, 0.15) is 5.60 Å². The van der Waals surface area contributed by atoms with E-state index in [0.717, 1.165) is 62.9 Å². The Kier molecular flexibility index (Phi) is 9.39. The average molecular weight is 554 g/mol. The largest absolute Gasteiger partial charge is 0.449 e. The molecule has 5 rings (SSSR count). The van der Waals surface area contributed by atoms with E-state index in [-0.39, 0.29) is 37.3 Å². The van der Waals surface area contributed by atoms with Crippen molar-refractivity contribution in [1.82, 2.24) is 24.7 Å². The molecule has 3 fully saturated rings. The van der Waals surface area contributed by atoms with Gasteiger partial charge in [0.05, 0.1) is 31.3 Å². The highest BCUT2D eigenvalue weighted by molar-refractivity contribution is 5.98. The SMILES string of the molecule is COC[C@]1(O)CCCC[C@H]1n1cnc(C(=O)N2CCNC[C@H]2CCOC(=O)N2CCCCC2)c1-c1ccccc1. The third-order valence-electron chi connectivity index (χ3n) is 8.63. The molecule has 1 aromatic carbocycles. The molecule has 218 valence electrons. The third-order valence-corrected chi connectivity index (χ3v) is 8.63. The monoisotopic (exact) mass is 553 g/mol. The van der Waals surface area contributed by atoms with Gasteiger partial charge in [-0.1, -0.05) is 43.2 Å². The van der Waals surface area contributed by atoms with Crippen molar-refractivity contribution in [3.63, 3.8) is 0 Å². The summed E-state index contributed by atoms with van der Waals surface area (Å²) in [6, 6.07) is 9.45. The summed E-state index contributed by atoms with van der Waals surface area (Å²) >= 11 is 0. The highest BCUT2D eigenvalue weighted by Gasteiger charge is 2.42. The van der Waals surface area contributed by atoms with Crippen molar-refractivity contribution in [3.8, 4) is 11.3 Å². The summed E-state index contributed by atoms with van der Waals surface area (Å²) in [4.78, 5) is 35.0. The molecule has 2 aromatic rings. The number of hydrogen-bond acceptors (Lipinski definition) is 7. The number of carbonyl (C=O) groups excluding carboxylic acids is 2. The Morgan fingerprint density at radius 3 is 2.67 bits per heavy atom. The lowest BCUT2D eigenvalue weighted by Gasteiger charge is -2.41. The summed E-state index contributed by atoms with van der Waals surface area (Å²) in [5, 5.41) is 15.0. The number of likely N-dealkylation sites (tertiary alicyclic amines) is 1. The Morgan fingerprint density at radius 1 is 1.10 bits per heavy atom. The van der Waals surface area contributed by atoms with Crippen LogP contribution in [0.25, 0.3) is 11.3 Å². The summed E-state index contributed by atoms with van der Waals surface area (Å²) in [5.74, 6) is -0.141. The van der Waals surface area contributed by atoms with Gasteiger partial charge in [-0.3, -0.25) is 4.79 Å². The number of ether oxygens (including phenoxy) is 2. The fourth-order valence-corrected chi connectivity index (χ4v) is 6.53. The summed E-state index contributed by atoms with van der Waals surface area (Å²) in [6.45, 7) is 3.85. The molecule has 10 nitrogen and oxygen atoms in total. The van der Waals surface area contributed by atoms with Crippen LogP contribution in [0.15, 0.2) is 36.7 Å². The topological polar surface area (TPSA) is 109 Å². The number of imidazole rings is 1. The molecule has 0 spiro atoms. The molecule has 3 aliphatic rings. The van der Waals surface area contributed by atoms with E-state index >= 15 is 0 Å². The zero-order valence-corrected chi connectivity index (χ0v) is 23.6. The molecule has 3 atom stereocenters. The van der Waals surface area contributed by atoms with E-state index in [0.29, 0.717) is 38.2 Å². The van der Waals surface area contributed by atoms with Crippen LogP contribution in [-0.2, 0) is 9.47 Å². The molecule has 0 radical (unpaired) electrons. The van der Waals surface area contributed by atoms with Crippen LogP contribution in [0.3, 0.4) is 0 Å². The van der Waals surface area contributed by atoms with Gasteiger partial charge < -0.3 is 34.3 Å². The number of methoxy groups -OCH3 is 1. The van der Waals surface area contributed by atoms with Gasteiger partial charge in [0, 0.05) is 57.9 Å². The first-order valence-corrected chi connectivity index (χ1v) is 14.8. The Bertz CT molecular complexity index is 1130. The number of aromatic nitrogens is 2. The first-order valence-electron chi connectivity index (χ1n) is 14.8. The standard InChI is InChI=1S/C30H43N5O5/c1-39-21-30(38)14-7-6-12-25(30)35-22-32-26(27(35)23-10-4-2-5-11-23)28(36)34-18-15-31-20-24(34)13-19-40-29(37)33-16-8-3-9-17-33/h2,4-5,10-11,22,24-25,31,38H,3,6-9,12-21H2,1H3/t24-,25-,30-/m1/s1. The molecule has 2 N–H and O–H groups in total. The summed E-state index contributed by atoms with van der Waals surface area (Å²) in [7, 11) is 1.61. The number of carbonyl (C=O) groups is 2. The van der Waals surface area contributed by atoms with E-state index in [1.165, 1.54) is 0 Å². The molecule has 0 unspecified atom stereocenters. The van der Waals surface area contributed by atoms with E-state index in [2.05, 4.69) is 10.3 Å². The smallest absolute Gasteiger partial charge is 0.409 e. The maximum atomic E-state index is 14.2. The van der Waals surface area contributed by atoms with Crippen LogP contribution in [0, 0.1) is 0 Å². The van der Waals surface area contributed by atoms with Crippen LogP contribution in [0.4, 0.5) is 4.79 Å². The minimum atomic E-state index is -1.03. The highest BCUT2D eigenvalue weighted by atomic mass is 16.6. The maximum absolute atomic E-state index is 14.2. The summed E-state index contributed by atoms with van der Waals surface area (Å²) in [5.41, 5.74) is 0.957. The predicted molar refractivity (Wildman–Crippen MR) is 151 cm³/mol. The van der Waals surface area contributed by atoms with E-state index in [1.54, 1.807) is 18.3 Å². The first-order chi connectivity index (χ1) is 19.5. The van der Waals surface area contributed by atoms with Crippen molar-refractivity contribution in [3.05, 3.63) is 42.4 Å². The van der Waals surface area contributed by atoms with Crippen molar-refractivity contribution in [1.29, 1.82) is 0 Å². The average Bonchev–Trinajstić information content (AvgIpc) is 3.43. The Hall–Kier alpha value is -2.95. The lowest BCUT2D eigenvalue weighted by Crippen LogP contribution is -2.54. The molecule has 1 aromatic heterocycles. The van der Waals surface area contributed by atoms with Crippen LogP contribution >= 0.6 is 0 Å². The van der Waals surface area contributed by atoms with Crippen molar-refractivity contribution in [2.75, 3.05) is 53.0 Å². The minimum Gasteiger partial charge on any atom is -0.449 e. The van der Waals surface area contributed by atoms with Crippen molar-refractivity contribution in [2.24, 2.45) is 0 Å².